The van der Waals surface area contributed by atoms with Gasteiger partial charge in [0.15, 0.2) is 0 Å². The minimum Gasteiger partial charge on any atom is -0.394 e. The van der Waals surface area contributed by atoms with E-state index in [-0.39, 0.29) is 0 Å². The Morgan fingerprint density at radius 3 is 2.17 bits per heavy atom. The van der Waals surface area contributed by atoms with E-state index in [0.717, 1.165) is 12.0 Å². The van der Waals surface area contributed by atoms with Crippen LogP contribution in [0.1, 0.15) is 43.2 Å². The minimum absolute atomic E-state index is 0.377. The molecule has 130 valence electrons. The van der Waals surface area contributed by atoms with Crippen molar-refractivity contribution in [1.82, 2.24) is 0 Å². The fraction of sp³-hybridized carbons (Fsp3) is 0.647. The van der Waals surface area contributed by atoms with Crippen molar-refractivity contribution < 1.29 is 30.6 Å². The fourth-order valence-electron chi connectivity index (χ4n) is 3.29. The van der Waals surface area contributed by atoms with Gasteiger partial charge in [0.25, 0.3) is 0 Å². The average Bonchev–Trinajstić information content (AvgIpc) is 2.59. The van der Waals surface area contributed by atoms with Gasteiger partial charge in [0.1, 0.15) is 23.9 Å². The first-order valence-corrected chi connectivity index (χ1v) is 7.94. The predicted molar refractivity (Wildman–Crippen MR) is 84.0 cm³/mol. The Morgan fingerprint density at radius 2 is 1.70 bits per heavy atom. The quantitative estimate of drug-likeness (QED) is 0.418. The zero-order valence-corrected chi connectivity index (χ0v) is 13.4. The standard InChI is InChI=1S/C17H26O6/c1-3-9(2)10-4-6-11(7-5-10)13-14(20)16(22)17(13,23)15(21)12(19)8-18/h4-7,9,12-16,18-23H,3,8H2,1-2H3/t9?,12-,13?,14?,15-,16+,17+/m1/s1. The molecule has 2 rings (SSSR count). The summed E-state index contributed by atoms with van der Waals surface area (Å²) >= 11 is 0. The average molecular weight is 326 g/mol. The lowest BCUT2D eigenvalue weighted by Crippen LogP contribution is -2.75. The van der Waals surface area contributed by atoms with Crippen LogP contribution in [0.25, 0.3) is 0 Å². The van der Waals surface area contributed by atoms with Gasteiger partial charge in [-0.3, -0.25) is 0 Å². The Kier molecular flexibility index (Phi) is 5.45. The van der Waals surface area contributed by atoms with Crippen molar-refractivity contribution in [1.29, 1.82) is 0 Å². The first kappa shape index (κ1) is 18.3. The van der Waals surface area contributed by atoms with E-state index in [9.17, 15) is 25.5 Å². The Hall–Kier alpha value is -1.02. The Morgan fingerprint density at radius 1 is 1.13 bits per heavy atom. The van der Waals surface area contributed by atoms with E-state index in [2.05, 4.69) is 13.8 Å². The Balaban J connectivity index is 2.29. The van der Waals surface area contributed by atoms with Crippen molar-refractivity contribution in [2.24, 2.45) is 0 Å². The number of aliphatic hydroxyl groups excluding tert-OH is 5. The second kappa shape index (κ2) is 6.84. The minimum atomic E-state index is -2.11. The third kappa shape index (κ3) is 2.91. The van der Waals surface area contributed by atoms with Crippen molar-refractivity contribution in [3.05, 3.63) is 35.4 Å². The smallest absolute Gasteiger partial charge is 0.131 e. The molecule has 1 aromatic carbocycles. The molecule has 6 nitrogen and oxygen atoms in total. The SMILES string of the molecule is CCC(C)c1ccc(C2C(O)[C@H](O)[C@@]2(O)[C@H](O)[C@H](O)CO)cc1. The lowest BCUT2D eigenvalue weighted by molar-refractivity contribution is -0.284. The molecular formula is C17H26O6. The maximum Gasteiger partial charge on any atom is 0.131 e. The van der Waals surface area contributed by atoms with E-state index in [1.807, 2.05) is 12.1 Å². The second-order valence-electron chi connectivity index (χ2n) is 6.47. The van der Waals surface area contributed by atoms with Crippen LogP contribution in [0.3, 0.4) is 0 Å². The lowest BCUT2D eigenvalue weighted by atomic mass is 9.58. The van der Waals surface area contributed by atoms with Crippen LogP contribution in [0.15, 0.2) is 24.3 Å². The highest BCUT2D eigenvalue weighted by molar-refractivity contribution is 5.36. The molecule has 1 aliphatic rings. The molecule has 0 spiro atoms. The topological polar surface area (TPSA) is 121 Å². The number of hydrogen-bond donors (Lipinski definition) is 6. The van der Waals surface area contributed by atoms with Gasteiger partial charge in [-0.1, -0.05) is 38.1 Å². The molecule has 0 saturated heterocycles. The highest BCUT2D eigenvalue weighted by Gasteiger charge is 2.65. The molecule has 0 aliphatic heterocycles. The molecule has 0 bridgehead atoms. The van der Waals surface area contributed by atoms with Crippen molar-refractivity contribution in [3.8, 4) is 0 Å². The summed E-state index contributed by atoms with van der Waals surface area (Å²) in [6, 6.07) is 7.25. The molecule has 7 atom stereocenters. The zero-order chi connectivity index (χ0) is 17.4. The molecule has 0 aromatic heterocycles. The number of benzene rings is 1. The first-order chi connectivity index (χ1) is 10.8. The van der Waals surface area contributed by atoms with Crippen molar-refractivity contribution in [2.45, 2.75) is 62.1 Å². The molecule has 1 aliphatic carbocycles. The van der Waals surface area contributed by atoms with E-state index in [1.54, 1.807) is 12.1 Å². The number of aliphatic hydroxyl groups is 6. The van der Waals surface area contributed by atoms with Crippen molar-refractivity contribution >= 4 is 0 Å². The largest absolute Gasteiger partial charge is 0.394 e. The van der Waals surface area contributed by atoms with Crippen LogP contribution in [-0.4, -0.2) is 67.3 Å². The summed E-state index contributed by atoms with van der Waals surface area (Å²) in [5.74, 6) is -0.568. The predicted octanol–water partition coefficient (Wildman–Crippen LogP) is -0.536. The molecule has 6 heteroatoms. The molecule has 6 N–H and O–H groups in total. The van der Waals surface area contributed by atoms with Crippen LogP contribution >= 0.6 is 0 Å². The molecule has 0 heterocycles. The van der Waals surface area contributed by atoms with E-state index in [1.165, 1.54) is 0 Å². The van der Waals surface area contributed by atoms with Gasteiger partial charge in [0.2, 0.25) is 0 Å². The molecule has 0 radical (unpaired) electrons. The van der Waals surface area contributed by atoms with Crippen LogP contribution < -0.4 is 0 Å². The molecule has 1 saturated carbocycles. The second-order valence-corrected chi connectivity index (χ2v) is 6.47. The van der Waals surface area contributed by atoms with Crippen LogP contribution in [0.2, 0.25) is 0 Å². The molecule has 1 aromatic rings. The summed E-state index contributed by atoms with van der Waals surface area (Å²) < 4.78 is 0. The molecule has 3 unspecified atom stereocenters. The summed E-state index contributed by atoms with van der Waals surface area (Å²) in [7, 11) is 0. The van der Waals surface area contributed by atoms with Crippen LogP contribution in [0.4, 0.5) is 0 Å². The third-order valence-corrected chi connectivity index (χ3v) is 5.14. The maximum atomic E-state index is 10.6. The number of rotatable bonds is 6. The van der Waals surface area contributed by atoms with Gasteiger partial charge in [0.05, 0.1) is 12.7 Å². The van der Waals surface area contributed by atoms with E-state index < -0.39 is 42.5 Å². The normalized spacial score (nSPS) is 34.5. The molecule has 23 heavy (non-hydrogen) atoms. The lowest BCUT2D eigenvalue weighted by Gasteiger charge is -2.56. The highest BCUT2D eigenvalue weighted by Crippen LogP contribution is 2.49. The Labute approximate surface area is 135 Å². The zero-order valence-electron chi connectivity index (χ0n) is 13.4. The molecular weight excluding hydrogens is 300 g/mol. The van der Waals surface area contributed by atoms with Crippen molar-refractivity contribution in [2.75, 3.05) is 6.61 Å². The van der Waals surface area contributed by atoms with Gasteiger partial charge >= 0.3 is 0 Å². The monoisotopic (exact) mass is 326 g/mol. The summed E-state index contributed by atoms with van der Waals surface area (Å²) in [6.07, 6.45) is -5.25. The fourth-order valence-corrected chi connectivity index (χ4v) is 3.29. The van der Waals surface area contributed by atoms with Gasteiger partial charge in [-0.25, -0.2) is 0 Å². The summed E-state index contributed by atoms with van der Waals surface area (Å²) in [5.41, 5.74) is -0.439. The maximum absolute atomic E-state index is 10.6. The summed E-state index contributed by atoms with van der Waals surface area (Å²) in [5, 5.41) is 59.2. The van der Waals surface area contributed by atoms with Crippen LogP contribution in [0.5, 0.6) is 0 Å². The van der Waals surface area contributed by atoms with E-state index in [0.29, 0.717) is 11.5 Å². The first-order valence-electron chi connectivity index (χ1n) is 7.94. The van der Waals surface area contributed by atoms with Crippen LogP contribution in [0, 0.1) is 0 Å². The number of hydrogen-bond acceptors (Lipinski definition) is 6. The summed E-state index contributed by atoms with van der Waals surface area (Å²) in [4.78, 5) is 0. The molecule has 1 fully saturated rings. The van der Waals surface area contributed by atoms with Gasteiger partial charge in [0, 0.05) is 5.92 Å². The van der Waals surface area contributed by atoms with Gasteiger partial charge < -0.3 is 30.6 Å². The van der Waals surface area contributed by atoms with E-state index in [4.69, 9.17) is 5.11 Å². The molecule has 0 amide bonds. The van der Waals surface area contributed by atoms with Gasteiger partial charge in [-0.15, -0.1) is 0 Å². The van der Waals surface area contributed by atoms with Gasteiger partial charge in [-0.05, 0) is 23.5 Å². The van der Waals surface area contributed by atoms with Crippen LogP contribution in [-0.2, 0) is 0 Å². The van der Waals surface area contributed by atoms with E-state index >= 15 is 0 Å². The third-order valence-electron chi connectivity index (χ3n) is 5.14. The summed E-state index contributed by atoms with van der Waals surface area (Å²) in [6.45, 7) is 3.41. The van der Waals surface area contributed by atoms with Crippen molar-refractivity contribution in [3.63, 3.8) is 0 Å². The van der Waals surface area contributed by atoms with Gasteiger partial charge in [-0.2, -0.15) is 0 Å². The Bertz CT molecular complexity index is 518. The highest BCUT2D eigenvalue weighted by atomic mass is 16.4.